The van der Waals surface area contributed by atoms with E-state index in [9.17, 15) is 19.8 Å². The molecule has 0 radical (unpaired) electrons. The van der Waals surface area contributed by atoms with Crippen molar-refractivity contribution >= 4 is 11.8 Å². The number of ketones is 1. The van der Waals surface area contributed by atoms with Gasteiger partial charge >= 0.3 is 5.97 Å². The number of aliphatic carboxylic acids is 1. The monoisotopic (exact) mass is 458 g/mol. The summed E-state index contributed by atoms with van der Waals surface area (Å²) in [5.41, 5.74) is -0.0128. The van der Waals surface area contributed by atoms with Crippen molar-refractivity contribution in [1.29, 1.82) is 0 Å². The molecule has 0 heterocycles. The Kier molecular flexibility index (Phi) is 6.66. The van der Waals surface area contributed by atoms with Crippen LogP contribution < -0.4 is 0 Å². The zero-order valence-corrected chi connectivity index (χ0v) is 21.5. The molecule has 4 aliphatic carbocycles. The van der Waals surface area contributed by atoms with E-state index in [4.69, 9.17) is 0 Å². The first-order chi connectivity index (χ1) is 15.4. The predicted molar refractivity (Wildman–Crippen MR) is 131 cm³/mol. The second-order valence-corrected chi connectivity index (χ2v) is 13.2. The van der Waals surface area contributed by atoms with Gasteiger partial charge in [0.15, 0.2) is 5.78 Å². The van der Waals surface area contributed by atoms with Gasteiger partial charge in [-0.25, -0.2) is 0 Å². The summed E-state index contributed by atoms with van der Waals surface area (Å²) in [6.07, 6.45) is 11.9. The first-order valence-corrected chi connectivity index (χ1v) is 13.6. The van der Waals surface area contributed by atoms with Crippen LogP contribution >= 0.6 is 0 Å². The second-order valence-electron chi connectivity index (χ2n) is 13.2. The highest BCUT2D eigenvalue weighted by atomic mass is 16.4. The summed E-state index contributed by atoms with van der Waals surface area (Å²) in [4.78, 5) is 24.9. The Bertz CT molecular complexity index is 814. The van der Waals surface area contributed by atoms with Gasteiger partial charge < -0.3 is 10.2 Å². The van der Waals surface area contributed by atoms with Crippen molar-refractivity contribution in [3.8, 4) is 0 Å². The Morgan fingerprint density at radius 2 is 1.79 bits per heavy atom. The smallest absolute Gasteiger partial charge is 0.306 e. The molecule has 4 heteroatoms. The van der Waals surface area contributed by atoms with Crippen LogP contribution in [0.2, 0.25) is 0 Å². The lowest BCUT2D eigenvalue weighted by Crippen LogP contribution is -2.55. The van der Waals surface area contributed by atoms with Gasteiger partial charge in [-0.2, -0.15) is 0 Å². The number of carboxylic acids is 1. The number of fused-ring (bicyclic) bond motifs is 5. The molecule has 0 saturated heterocycles. The fourth-order valence-corrected chi connectivity index (χ4v) is 8.91. The van der Waals surface area contributed by atoms with Gasteiger partial charge in [0.05, 0.1) is 12.0 Å². The molecule has 0 amide bonds. The van der Waals surface area contributed by atoms with E-state index in [-0.39, 0.29) is 29.0 Å². The third-order valence-corrected chi connectivity index (χ3v) is 10.8. The van der Waals surface area contributed by atoms with Crippen LogP contribution in [-0.2, 0) is 9.59 Å². The zero-order chi connectivity index (χ0) is 24.2. The third-order valence-electron chi connectivity index (χ3n) is 10.8. The molecule has 0 aromatic rings. The predicted octanol–water partition coefficient (Wildman–Crippen LogP) is 6.41. The van der Waals surface area contributed by atoms with E-state index in [2.05, 4.69) is 34.6 Å². The molecule has 33 heavy (non-hydrogen) atoms. The van der Waals surface area contributed by atoms with E-state index in [0.717, 1.165) is 30.3 Å². The van der Waals surface area contributed by atoms with E-state index in [1.807, 2.05) is 6.08 Å². The van der Waals surface area contributed by atoms with E-state index in [0.29, 0.717) is 30.6 Å². The molecular formula is C29H46O4. The lowest BCUT2D eigenvalue weighted by molar-refractivity contribution is -0.146. The van der Waals surface area contributed by atoms with Crippen molar-refractivity contribution in [2.75, 3.05) is 0 Å². The molecule has 3 fully saturated rings. The molecule has 0 aliphatic heterocycles. The lowest BCUT2D eigenvalue weighted by Gasteiger charge is -2.58. The number of rotatable bonds is 7. The highest BCUT2D eigenvalue weighted by Crippen LogP contribution is 2.67. The van der Waals surface area contributed by atoms with Crippen LogP contribution in [0.1, 0.15) is 105 Å². The summed E-state index contributed by atoms with van der Waals surface area (Å²) in [6.45, 7) is 11.9. The molecule has 4 aliphatic rings. The molecule has 0 spiro atoms. The standard InChI is InChI=1S/C29H46O4/c1-18(2)7-6-8-19(3)21-9-10-22-26-23(11-12-28(21,22)5)27(4)13-14-29(33,17-25(31)32)16-20(27)15-24(26)30/h15,18-19,21-23,26,33H,6-14,16-17H2,1-5H3,(H,31,32)/t19-,21-,22+,23+,26+,27+,28-,29+/m1/s1. The first-order valence-electron chi connectivity index (χ1n) is 13.6. The minimum Gasteiger partial charge on any atom is -0.481 e. The molecule has 0 bridgehead atoms. The number of carbonyl (C=O) groups is 2. The van der Waals surface area contributed by atoms with E-state index in [1.54, 1.807) is 0 Å². The Morgan fingerprint density at radius 1 is 1.06 bits per heavy atom. The zero-order valence-electron chi connectivity index (χ0n) is 21.5. The van der Waals surface area contributed by atoms with Crippen LogP contribution in [0.4, 0.5) is 0 Å². The minimum atomic E-state index is -1.21. The molecule has 4 rings (SSSR count). The molecule has 4 nitrogen and oxygen atoms in total. The van der Waals surface area contributed by atoms with Crippen LogP contribution in [0.3, 0.4) is 0 Å². The topological polar surface area (TPSA) is 74.6 Å². The number of carbonyl (C=O) groups excluding carboxylic acids is 1. The summed E-state index contributed by atoms with van der Waals surface area (Å²) in [6, 6.07) is 0. The summed E-state index contributed by atoms with van der Waals surface area (Å²) >= 11 is 0. The molecule has 0 aromatic carbocycles. The van der Waals surface area contributed by atoms with E-state index < -0.39 is 11.6 Å². The van der Waals surface area contributed by atoms with Gasteiger partial charge in [-0.3, -0.25) is 9.59 Å². The summed E-state index contributed by atoms with van der Waals surface area (Å²) < 4.78 is 0. The quantitative estimate of drug-likeness (QED) is 0.462. The lowest BCUT2D eigenvalue weighted by atomic mass is 9.46. The van der Waals surface area contributed by atoms with Crippen LogP contribution in [0, 0.1) is 46.3 Å². The van der Waals surface area contributed by atoms with Gasteiger partial charge in [0.25, 0.3) is 0 Å². The summed E-state index contributed by atoms with van der Waals surface area (Å²) in [5.74, 6) is 2.42. The minimum absolute atomic E-state index is 0.0778. The van der Waals surface area contributed by atoms with Crippen LogP contribution in [0.25, 0.3) is 0 Å². The largest absolute Gasteiger partial charge is 0.481 e. The first kappa shape index (κ1) is 24.9. The van der Waals surface area contributed by atoms with Crippen molar-refractivity contribution in [3.05, 3.63) is 11.6 Å². The molecule has 186 valence electrons. The average molecular weight is 459 g/mol. The van der Waals surface area contributed by atoms with Gasteiger partial charge in [0.1, 0.15) is 0 Å². The van der Waals surface area contributed by atoms with Crippen molar-refractivity contribution in [1.82, 2.24) is 0 Å². The molecule has 0 aromatic heterocycles. The molecule has 2 N–H and O–H groups in total. The van der Waals surface area contributed by atoms with Crippen LogP contribution in [0.15, 0.2) is 11.6 Å². The number of carboxylic acid groups (broad SMARTS) is 1. The van der Waals surface area contributed by atoms with Gasteiger partial charge in [0.2, 0.25) is 0 Å². The van der Waals surface area contributed by atoms with E-state index >= 15 is 0 Å². The highest BCUT2D eigenvalue weighted by molar-refractivity contribution is 5.94. The maximum Gasteiger partial charge on any atom is 0.306 e. The maximum absolute atomic E-state index is 13.6. The molecule has 8 atom stereocenters. The van der Waals surface area contributed by atoms with Crippen molar-refractivity contribution in [2.45, 2.75) is 111 Å². The Labute approximate surface area is 200 Å². The normalized spacial score (nSPS) is 43.5. The number of aliphatic hydroxyl groups is 1. The Balaban J connectivity index is 1.54. The van der Waals surface area contributed by atoms with Gasteiger partial charge in [-0.1, -0.05) is 59.5 Å². The van der Waals surface area contributed by atoms with Crippen LogP contribution in [-0.4, -0.2) is 27.6 Å². The number of hydrogen-bond acceptors (Lipinski definition) is 3. The van der Waals surface area contributed by atoms with Gasteiger partial charge in [-0.05, 0) is 91.4 Å². The fraction of sp³-hybridized carbons (Fsp3) is 0.862. The summed E-state index contributed by atoms with van der Waals surface area (Å²) in [5, 5.41) is 20.2. The highest BCUT2D eigenvalue weighted by Gasteiger charge is 2.62. The molecule has 3 saturated carbocycles. The fourth-order valence-electron chi connectivity index (χ4n) is 8.91. The number of allylic oxidation sites excluding steroid dienone is 1. The van der Waals surface area contributed by atoms with Crippen molar-refractivity contribution in [2.24, 2.45) is 46.3 Å². The van der Waals surface area contributed by atoms with Crippen molar-refractivity contribution in [3.63, 3.8) is 0 Å². The molecular weight excluding hydrogens is 412 g/mol. The second kappa shape index (κ2) is 8.81. The van der Waals surface area contributed by atoms with Crippen molar-refractivity contribution < 1.29 is 19.8 Å². The number of hydrogen-bond donors (Lipinski definition) is 2. The van der Waals surface area contributed by atoms with Gasteiger partial charge in [0, 0.05) is 5.92 Å². The molecule has 0 unspecified atom stereocenters. The Morgan fingerprint density at radius 3 is 2.45 bits per heavy atom. The maximum atomic E-state index is 13.6. The van der Waals surface area contributed by atoms with Crippen LogP contribution in [0.5, 0.6) is 0 Å². The Hall–Kier alpha value is -1.16. The van der Waals surface area contributed by atoms with E-state index in [1.165, 1.54) is 38.5 Å². The SMILES string of the molecule is CC(C)CCC[C@@H](C)[C@H]1CC[C@H]2[C@@H]3C(=O)C=C4C[C@](O)(CC(=O)O)CC[C@]4(C)[C@H]3CC[C@]12C. The average Bonchev–Trinajstić information content (AvgIpc) is 3.05. The summed E-state index contributed by atoms with van der Waals surface area (Å²) in [7, 11) is 0. The van der Waals surface area contributed by atoms with Gasteiger partial charge in [-0.15, -0.1) is 0 Å². The third kappa shape index (κ3) is 4.34.